The average Bonchev–Trinajstić information content (AvgIpc) is 2.77. The summed E-state index contributed by atoms with van der Waals surface area (Å²) < 4.78 is 0. The van der Waals surface area contributed by atoms with Crippen LogP contribution in [0, 0.1) is 29.1 Å². The fourth-order valence-corrected chi connectivity index (χ4v) is 5.98. The number of nitrogens with zero attached hydrogens (tertiary/aromatic N) is 2. The predicted octanol–water partition coefficient (Wildman–Crippen LogP) is 3.68. The maximum atomic E-state index is 8.78. The number of thiazole rings is 1. The maximum absolute atomic E-state index is 8.78. The molecule has 4 fully saturated rings. The Morgan fingerprint density at radius 1 is 1.22 bits per heavy atom. The third kappa shape index (κ3) is 1.55. The molecule has 0 amide bonds. The molecule has 2 nitrogen and oxygen atoms in total. The molecule has 4 bridgehead atoms. The Hall–Kier alpha value is -0.880. The SMILES string of the molecule is N#CCc1nc(C23CC4CC(CC(C4)C2)C3)cs1. The van der Waals surface area contributed by atoms with Gasteiger partial charge in [-0.3, -0.25) is 0 Å². The normalized spacial score (nSPS) is 40.9. The van der Waals surface area contributed by atoms with E-state index in [0.29, 0.717) is 11.8 Å². The maximum Gasteiger partial charge on any atom is 0.107 e. The highest BCUT2D eigenvalue weighted by atomic mass is 32.1. The second-order valence-electron chi connectivity index (χ2n) is 6.66. The van der Waals surface area contributed by atoms with Crippen LogP contribution in [0.4, 0.5) is 0 Å². The highest BCUT2D eigenvalue weighted by Crippen LogP contribution is 2.60. The second-order valence-corrected chi connectivity index (χ2v) is 7.60. The Labute approximate surface area is 112 Å². The van der Waals surface area contributed by atoms with Crippen LogP contribution in [0.3, 0.4) is 0 Å². The molecule has 0 unspecified atom stereocenters. The summed E-state index contributed by atoms with van der Waals surface area (Å²) in [4.78, 5) is 4.79. The quantitative estimate of drug-likeness (QED) is 0.811. The van der Waals surface area contributed by atoms with Crippen LogP contribution in [0.2, 0.25) is 0 Å². The Balaban J connectivity index is 1.68. The molecule has 0 atom stereocenters. The molecule has 94 valence electrons. The van der Waals surface area contributed by atoms with E-state index >= 15 is 0 Å². The Bertz CT molecular complexity index is 476. The van der Waals surface area contributed by atoms with Crippen LogP contribution >= 0.6 is 11.3 Å². The van der Waals surface area contributed by atoms with Crippen molar-refractivity contribution in [2.75, 3.05) is 0 Å². The minimum Gasteiger partial charge on any atom is -0.245 e. The van der Waals surface area contributed by atoms with Crippen LogP contribution in [-0.4, -0.2) is 4.98 Å². The van der Waals surface area contributed by atoms with Crippen molar-refractivity contribution in [1.29, 1.82) is 5.26 Å². The molecule has 1 heterocycles. The Morgan fingerprint density at radius 3 is 2.39 bits per heavy atom. The molecule has 1 aromatic heterocycles. The van der Waals surface area contributed by atoms with Crippen LogP contribution in [0.5, 0.6) is 0 Å². The van der Waals surface area contributed by atoms with Gasteiger partial charge in [-0.25, -0.2) is 4.98 Å². The van der Waals surface area contributed by atoms with E-state index in [1.165, 1.54) is 44.2 Å². The van der Waals surface area contributed by atoms with Crippen molar-refractivity contribution in [2.45, 2.75) is 50.4 Å². The van der Waals surface area contributed by atoms with Crippen molar-refractivity contribution in [1.82, 2.24) is 4.98 Å². The number of hydrogen-bond donors (Lipinski definition) is 0. The van der Waals surface area contributed by atoms with Gasteiger partial charge in [0.05, 0.1) is 18.2 Å². The van der Waals surface area contributed by atoms with Gasteiger partial charge in [-0.1, -0.05) is 0 Å². The second kappa shape index (κ2) is 3.81. The lowest BCUT2D eigenvalue weighted by Gasteiger charge is -2.56. The summed E-state index contributed by atoms with van der Waals surface area (Å²) in [6, 6.07) is 2.22. The van der Waals surface area contributed by atoms with Crippen molar-refractivity contribution in [2.24, 2.45) is 17.8 Å². The van der Waals surface area contributed by atoms with Gasteiger partial charge in [-0.2, -0.15) is 5.26 Å². The zero-order chi connectivity index (χ0) is 12.2. The average molecular weight is 258 g/mol. The van der Waals surface area contributed by atoms with Gasteiger partial charge >= 0.3 is 0 Å². The van der Waals surface area contributed by atoms with Gasteiger partial charge in [0.2, 0.25) is 0 Å². The molecule has 0 saturated heterocycles. The van der Waals surface area contributed by atoms with Crippen molar-refractivity contribution < 1.29 is 0 Å². The molecule has 4 saturated carbocycles. The third-order valence-electron chi connectivity index (χ3n) is 5.36. The third-order valence-corrected chi connectivity index (χ3v) is 6.21. The van der Waals surface area contributed by atoms with Crippen molar-refractivity contribution in [3.63, 3.8) is 0 Å². The summed E-state index contributed by atoms with van der Waals surface area (Å²) in [5.41, 5.74) is 1.73. The minimum absolute atomic E-state index is 0.402. The first kappa shape index (κ1) is 11.0. The van der Waals surface area contributed by atoms with Crippen molar-refractivity contribution >= 4 is 11.3 Å². The van der Waals surface area contributed by atoms with Crippen LogP contribution in [-0.2, 0) is 11.8 Å². The van der Waals surface area contributed by atoms with Crippen molar-refractivity contribution in [3.8, 4) is 6.07 Å². The molecular formula is C15H18N2S. The van der Waals surface area contributed by atoms with Gasteiger partial charge in [-0.15, -0.1) is 11.3 Å². The Kier molecular flexibility index (Phi) is 2.32. The lowest BCUT2D eigenvalue weighted by molar-refractivity contribution is -0.00697. The summed E-state index contributed by atoms with van der Waals surface area (Å²) in [7, 11) is 0. The Morgan fingerprint density at radius 2 is 1.83 bits per heavy atom. The van der Waals surface area contributed by atoms with Gasteiger partial charge in [0.25, 0.3) is 0 Å². The largest absolute Gasteiger partial charge is 0.245 e. The number of nitriles is 1. The molecule has 0 aromatic carbocycles. The van der Waals surface area contributed by atoms with Crippen LogP contribution in [0.25, 0.3) is 0 Å². The molecule has 1 aromatic rings. The van der Waals surface area contributed by atoms with E-state index < -0.39 is 0 Å². The fraction of sp³-hybridized carbons (Fsp3) is 0.733. The van der Waals surface area contributed by atoms with Crippen LogP contribution < -0.4 is 0 Å². The van der Waals surface area contributed by atoms with E-state index in [2.05, 4.69) is 11.4 Å². The van der Waals surface area contributed by atoms with Gasteiger partial charge in [0.15, 0.2) is 0 Å². The molecular weight excluding hydrogens is 240 g/mol. The van der Waals surface area contributed by atoms with E-state index in [1.54, 1.807) is 11.3 Å². The van der Waals surface area contributed by atoms with E-state index in [1.807, 2.05) is 0 Å². The zero-order valence-corrected chi connectivity index (χ0v) is 11.4. The number of hydrogen-bond acceptors (Lipinski definition) is 3. The van der Waals surface area contributed by atoms with Gasteiger partial charge in [-0.05, 0) is 56.3 Å². The number of aromatic nitrogens is 1. The summed E-state index contributed by atoms with van der Waals surface area (Å²) in [5, 5.41) is 12.0. The standard InChI is InChI=1S/C15H18N2S/c16-2-1-14-17-13(9-18-14)15-6-10-3-11(7-15)5-12(4-10)8-15/h9-12H,1,3-8H2. The molecule has 18 heavy (non-hydrogen) atoms. The highest BCUT2D eigenvalue weighted by Gasteiger charge is 2.52. The molecule has 4 aliphatic rings. The summed E-state index contributed by atoms with van der Waals surface area (Å²) >= 11 is 1.69. The van der Waals surface area contributed by atoms with E-state index in [-0.39, 0.29) is 0 Å². The first-order valence-corrected chi connectivity index (χ1v) is 7.97. The topological polar surface area (TPSA) is 36.7 Å². The lowest BCUT2D eigenvalue weighted by Crippen LogP contribution is -2.48. The summed E-state index contributed by atoms with van der Waals surface area (Å²) in [6.07, 6.45) is 9.03. The van der Waals surface area contributed by atoms with Gasteiger partial charge in [0, 0.05) is 10.8 Å². The monoisotopic (exact) mass is 258 g/mol. The molecule has 3 heteroatoms. The lowest BCUT2D eigenvalue weighted by atomic mass is 9.49. The molecule has 0 spiro atoms. The zero-order valence-electron chi connectivity index (χ0n) is 10.6. The molecule has 0 N–H and O–H groups in total. The van der Waals surface area contributed by atoms with Crippen LogP contribution in [0.1, 0.15) is 49.2 Å². The fourth-order valence-electron chi connectivity index (χ4n) is 5.13. The van der Waals surface area contributed by atoms with Crippen LogP contribution in [0.15, 0.2) is 5.38 Å². The van der Waals surface area contributed by atoms with Crippen molar-refractivity contribution in [3.05, 3.63) is 16.1 Å². The van der Waals surface area contributed by atoms with E-state index in [0.717, 1.165) is 22.8 Å². The molecule has 5 rings (SSSR count). The molecule has 4 aliphatic carbocycles. The van der Waals surface area contributed by atoms with Gasteiger partial charge < -0.3 is 0 Å². The van der Waals surface area contributed by atoms with Gasteiger partial charge in [0.1, 0.15) is 5.01 Å². The smallest absolute Gasteiger partial charge is 0.107 e. The first-order valence-electron chi connectivity index (χ1n) is 7.09. The first-order chi connectivity index (χ1) is 8.77. The minimum atomic E-state index is 0.402. The highest BCUT2D eigenvalue weighted by molar-refractivity contribution is 7.09. The molecule has 0 radical (unpaired) electrons. The number of rotatable bonds is 2. The molecule has 0 aliphatic heterocycles. The summed E-state index contributed by atoms with van der Waals surface area (Å²) in [6.45, 7) is 0. The summed E-state index contributed by atoms with van der Waals surface area (Å²) in [5.74, 6) is 2.91. The van der Waals surface area contributed by atoms with E-state index in [4.69, 9.17) is 10.2 Å². The predicted molar refractivity (Wildman–Crippen MR) is 71.3 cm³/mol. The van der Waals surface area contributed by atoms with E-state index in [9.17, 15) is 0 Å².